The van der Waals surface area contributed by atoms with Crippen molar-refractivity contribution in [3.63, 3.8) is 0 Å². The van der Waals surface area contributed by atoms with E-state index in [2.05, 4.69) is 31.6 Å². The fourth-order valence-electron chi connectivity index (χ4n) is 0.602. The molecule has 0 spiro atoms. The van der Waals surface area contributed by atoms with Crippen molar-refractivity contribution in [3.05, 3.63) is 36.1 Å². The van der Waals surface area contributed by atoms with Gasteiger partial charge in [0, 0.05) is 11.1 Å². The first-order chi connectivity index (χ1) is 9.05. The highest BCUT2D eigenvalue weighted by Gasteiger charge is 2.21. The molecule has 0 heterocycles. The van der Waals surface area contributed by atoms with E-state index in [1.807, 2.05) is 0 Å². The number of aliphatic hydroxyl groups is 1. The Bertz CT molecular complexity index is 555. The van der Waals surface area contributed by atoms with Crippen LogP contribution in [0.25, 0.3) is 0 Å². The Balaban J connectivity index is 4.43. The van der Waals surface area contributed by atoms with Gasteiger partial charge in [-0.3, -0.25) is 9.78 Å². The molecule has 0 saturated carbocycles. The Hall–Kier alpha value is -2.17. The van der Waals surface area contributed by atoms with E-state index in [1.54, 1.807) is 0 Å². The van der Waals surface area contributed by atoms with Crippen LogP contribution in [0.15, 0.2) is 36.1 Å². The van der Waals surface area contributed by atoms with Crippen molar-refractivity contribution in [2.75, 3.05) is 0 Å². The SMILES string of the molecule is C=C(O)/C=C(\C)C(=O)OOS(=O)(=O)OOC(=O)C(=C)C. The van der Waals surface area contributed by atoms with E-state index in [9.17, 15) is 18.0 Å². The fourth-order valence-corrected chi connectivity index (χ4v) is 0.915. The summed E-state index contributed by atoms with van der Waals surface area (Å²) in [7, 11) is -4.91. The fraction of sp³-hybridized carbons (Fsp3) is 0.200. The number of rotatable bonds is 7. The molecule has 0 aromatic rings. The van der Waals surface area contributed by atoms with Crippen LogP contribution in [0.2, 0.25) is 0 Å². The van der Waals surface area contributed by atoms with Crippen LogP contribution in [0.3, 0.4) is 0 Å². The predicted molar refractivity (Wildman–Crippen MR) is 63.6 cm³/mol. The van der Waals surface area contributed by atoms with E-state index in [0.29, 0.717) is 0 Å². The van der Waals surface area contributed by atoms with Crippen LogP contribution in [0, 0.1) is 0 Å². The zero-order valence-corrected chi connectivity index (χ0v) is 11.4. The molecule has 0 fully saturated rings. The quantitative estimate of drug-likeness (QED) is 0.238. The van der Waals surface area contributed by atoms with Crippen LogP contribution in [-0.2, 0) is 38.4 Å². The van der Waals surface area contributed by atoms with E-state index >= 15 is 0 Å². The molecule has 0 aromatic carbocycles. The lowest BCUT2D eigenvalue weighted by Crippen LogP contribution is -2.17. The summed E-state index contributed by atoms with van der Waals surface area (Å²) in [5, 5.41) is 8.77. The van der Waals surface area contributed by atoms with Crippen molar-refractivity contribution >= 4 is 22.3 Å². The maximum atomic E-state index is 11.2. The zero-order chi connectivity index (χ0) is 15.9. The summed E-state index contributed by atoms with van der Waals surface area (Å²) in [5.74, 6) is -2.84. The van der Waals surface area contributed by atoms with Gasteiger partial charge in [0.2, 0.25) is 0 Å². The summed E-state index contributed by atoms with van der Waals surface area (Å²) < 4.78 is 29.3. The van der Waals surface area contributed by atoms with Crippen molar-refractivity contribution in [1.82, 2.24) is 0 Å². The van der Waals surface area contributed by atoms with Crippen LogP contribution < -0.4 is 0 Å². The minimum atomic E-state index is -4.91. The molecule has 112 valence electrons. The molecule has 0 bridgehead atoms. The molecule has 0 amide bonds. The minimum absolute atomic E-state index is 0.127. The van der Waals surface area contributed by atoms with Gasteiger partial charge in [-0.05, 0) is 28.6 Å². The van der Waals surface area contributed by atoms with E-state index in [0.717, 1.165) is 6.08 Å². The van der Waals surface area contributed by atoms with Gasteiger partial charge in [0.25, 0.3) is 0 Å². The summed E-state index contributed by atoms with van der Waals surface area (Å²) in [6.45, 7) is 8.68. The van der Waals surface area contributed by atoms with Crippen LogP contribution in [0.4, 0.5) is 0 Å². The van der Waals surface area contributed by atoms with Gasteiger partial charge in [-0.15, -0.1) is 0 Å². The van der Waals surface area contributed by atoms with Crippen molar-refractivity contribution in [3.8, 4) is 0 Å². The van der Waals surface area contributed by atoms with Gasteiger partial charge < -0.3 is 5.11 Å². The molecule has 9 nitrogen and oxygen atoms in total. The lowest BCUT2D eigenvalue weighted by Gasteiger charge is -2.04. The first-order valence-electron chi connectivity index (χ1n) is 4.82. The summed E-state index contributed by atoms with van der Waals surface area (Å²) >= 11 is 0. The average Bonchev–Trinajstić information content (AvgIpc) is 2.32. The van der Waals surface area contributed by atoms with Gasteiger partial charge in [-0.2, -0.15) is 8.42 Å². The van der Waals surface area contributed by atoms with Gasteiger partial charge in [0.15, 0.2) is 0 Å². The number of allylic oxidation sites excluding steroid dienone is 1. The van der Waals surface area contributed by atoms with Crippen LogP contribution in [0.1, 0.15) is 13.8 Å². The lowest BCUT2D eigenvalue weighted by atomic mass is 10.3. The van der Waals surface area contributed by atoms with Crippen LogP contribution in [-0.4, -0.2) is 25.5 Å². The van der Waals surface area contributed by atoms with Gasteiger partial charge in [0.05, 0.1) is 0 Å². The molecule has 0 rings (SSSR count). The molecule has 10 heteroatoms. The van der Waals surface area contributed by atoms with Crippen LogP contribution >= 0.6 is 0 Å². The second-order valence-electron chi connectivity index (χ2n) is 3.38. The molecule has 0 aromatic heterocycles. The van der Waals surface area contributed by atoms with Crippen molar-refractivity contribution in [2.45, 2.75) is 13.8 Å². The standard InChI is InChI=1S/C10H12O9S/c1-6(2)9(12)16-18-20(14,15)19-17-10(13)7(3)5-8(4)11/h5,11H,1,4H2,2-3H3/b7-5+. The summed E-state index contributed by atoms with van der Waals surface area (Å²) in [6, 6.07) is 0. The Labute approximate surface area is 114 Å². The van der Waals surface area contributed by atoms with Gasteiger partial charge in [-0.25, -0.2) is 9.59 Å². The van der Waals surface area contributed by atoms with Crippen molar-refractivity contribution < 1.29 is 41.6 Å². The highest BCUT2D eigenvalue weighted by Crippen LogP contribution is 2.05. The number of carbonyl (C=O) groups excluding carboxylic acids is 2. The summed E-state index contributed by atoms with van der Waals surface area (Å²) in [4.78, 5) is 29.7. The number of aliphatic hydroxyl groups excluding tert-OH is 1. The number of hydrogen-bond donors (Lipinski definition) is 1. The van der Waals surface area contributed by atoms with E-state index in [4.69, 9.17) is 5.11 Å². The van der Waals surface area contributed by atoms with E-state index < -0.39 is 28.1 Å². The topological polar surface area (TPSA) is 125 Å². The van der Waals surface area contributed by atoms with Gasteiger partial charge >= 0.3 is 22.3 Å². The Kier molecular flexibility index (Phi) is 6.62. The molecule has 0 aliphatic heterocycles. The Morgan fingerprint density at radius 2 is 1.50 bits per heavy atom. The summed E-state index contributed by atoms with van der Waals surface area (Å²) in [5.41, 5.74) is -0.330. The van der Waals surface area contributed by atoms with E-state index in [1.165, 1.54) is 13.8 Å². The van der Waals surface area contributed by atoms with Crippen LogP contribution in [0.5, 0.6) is 0 Å². The molecule has 0 atom stereocenters. The number of carbonyl (C=O) groups is 2. The normalized spacial score (nSPS) is 11.6. The average molecular weight is 308 g/mol. The molecule has 20 heavy (non-hydrogen) atoms. The third-order valence-corrected chi connectivity index (χ3v) is 1.91. The third kappa shape index (κ3) is 7.31. The number of hydrogen-bond acceptors (Lipinski definition) is 9. The van der Waals surface area contributed by atoms with Gasteiger partial charge in [-0.1, -0.05) is 13.2 Å². The third-order valence-electron chi connectivity index (χ3n) is 1.44. The molecule has 0 saturated heterocycles. The molecule has 0 aliphatic carbocycles. The largest absolute Gasteiger partial charge is 0.509 e. The highest BCUT2D eigenvalue weighted by atomic mass is 32.3. The highest BCUT2D eigenvalue weighted by molar-refractivity contribution is 7.81. The maximum Gasteiger partial charge on any atom is 0.471 e. The van der Waals surface area contributed by atoms with Crippen molar-refractivity contribution in [1.29, 1.82) is 0 Å². The second-order valence-corrected chi connectivity index (χ2v) is 4.47. The first kappa shape index (κ1) is 17.8. The molecule has 1 N–H and O–H groups in total. The minimum Gasteiger partial charge on any atom is -0.509 e. The van der Waals surface area contributed by atoms with Crippen molar-refractivity contribution in [2.24, 2.45) is 0 Å². The Morgan fingerprint density at radius 1 is 1.05 bits per heavy atom. The summed E-state index contributed by atoms with van der Waals surface area (Å²) in [6.07, 6.45) is 0.903. The second kappa shape index (κ2) is 7.43. The maximum absolute atomic E-state index is 11.2. The smallest absolute Gasteiger partial charge is 0.471 e. The zero-order valence-electron chi connectivity index (χ0n) is 10.6. The molecular formula is C10H12O9S. The van der Waals surface area contributed by atoms with Gasteiger partial charge in [0.1, 0.15) is 5.76 Å². The molecule has 0 unspecified atom stereocenters. The molecular weight excluding hydrogens is 296 g/mol. The van der Waals surface area contributed by atoms with E-state index in [-0.39, 0.29) is 11.1 Å². The lowest BCUT2D eigenvalue weighted by molar-refractivity contribution is -0.240. The predicted octanol–water partition coefficient (Wildman–Crippen LogP) is 0.775. The first-order valence-corrected chi connectivity index (χ1v) is 6.16. The monoisotopic (exact) mass is 308 g/mol. The molecule has 0 radical (unpaired) electrons. The molecule has 0 aliphatic rings. The Morgan fingerprint density at radius 3 is 1.90 bits per heavy atom.